The Balaban J connectivity index is 1.80. The third kappa shape index (κ3) is 2.83. The van der Waals surface area contributed by atoms with Gasteiger partial charge in [-0.2, -0.15) is 0 Å². The van der Waals surface area contributed by atoms with Gasteiger partial charge < -0.3 is 15.7 Å². The van der Waals surface area contributed by atoms with Crippen molar-refractivity contribution in [2.75, 3.05) is 11.4 Å². The number of amides is 1. The van der Waals surface area contributed by atoms with Crippen LogP contribution in [0.2, 0.25) is 0 Å². The highest BCUT2D eigenvalue weighted by atomic mass is 32.1. The molecule has 128 valence electrons. The summed E-state index contributed by atoms with van der Waals surface area (Å²) in [6.45, 7) is 0.295. The molecule has 3 N–H and O–H groups in total. The quantitative estimate of drug-likeness (QED) is 0.746. The zero-order valence-corrected chi connectivity index (χ0v) is 13.9. The number of hydrogen-bond acceptors (Lipinski definition) is 6. The van der Waals surface area contributed by atoms with Gasteiger partial charge in [-0.3, -0.25) is 4.79 Å². The number of carbonyl (C=O) groups is 1. The van der Waals surface area contributed by atoms with Crippen molar-refractivity contribution in [2.45, 2.75) is 18.6 Å². The van der Waals surface area contributed by atoms with E-state index in [4.69, 9.17) is 5.73 Å². The summed E-state index contributed by atoms with van der Waals surface area (Å²) in [6, 6.07) is 7.55. The molecule has 1 saturated heterocycles. The van der Waals surface area contributed by atoms with Gasteiger partial charge in [-0.15, -0.1) is 11.3 Å². The molecule has 3 heterocycles. The Morgan fingerprint density at radius 2 is 2.08 bits per heavy atom. The van der Waals surface area contributed by atoms with Crippen molar-refractivity contribution in [3.8, 4) is 10.4 Å². The van der Waals surface area contributed by atoms with Gasteiger partial charge in [0, 0.05) is 17.8 Å². The average molecular weight is 358 g/mol. The number of benzene rings is 1. The number of aliphatic hydroxyl groups excluding tert-OH is 1. The molecule has 0 saturated carbocycles. The second-order valence-corrected chi connectivity index (χ2v) is 7.04. The average Bonchev–Trinajstić information content (AvgIpc) is 3.18. The van der Waals surface area contributed by atoms with Gasteiger partial charge in [0.25, 0.3) is 0 Å². The second-order valence-electron chi connectivity index (χ2n) is 5.99. The number of β-amino-alcohol motifs (C(OH)–C–C–N with tert-alkyl or cyclic N) is 1. The van der Waals surface area contributed by atoms with Crippen molar-refractivity contribution in [2.24, 2.45) is 5.73 Å². The molecule has 0 spiro atoms. The van der Waals surface area contributed by atoms with Crippen molar-refractivity contribution in [3.05, 3.63) is 42.5 Å². The number of nitrogens with two attached hydrogens (primary N) is 1. The zero-order chi connectivity index (χ0) is 17.6. The number of thiophene rings is 1. The number of fused-ring (bicyclic) bond motifs is 1. The number of primary amides is 1. The van der Waals surface area contributed by atoms with Crippen LogP contribution >= 0.6 is 11.3 Å². The molecule has 1 aliphatic heterocycles. The fourth-order valence-electron chi connectivity index (χ4n) is 3.12. The Hall–Kier alpha value is -2.58. The molecule has 8 heteroatoms. The Morgan fingerprint density at radius 1 is 1.32 bits per heavy atom. The van der Waals surface area contributed by atoms with Crippen molar-refractivity contribution >= 4 is 33.3 Å². The van der Waals surface area contributed by atoms with Crippen molar-refractivity contribution in [1.82, 2.24) is 9.97 Å². The van der Waals surface area contributed by atoms with E-state index in [9.17, 15) is 14.3 Å². The van der Waals surface area contributed by atoms with Crippen LogP contribution in [-0.2, 0) is 4.79 Å². The SMILES string of the molecule is NC(=O)[C@H]1C[C@H](O)CN1c1ncnc2cc(-c3ccc(F)cc3)sc12. The first kappa shape index (κ1) is 15.9. The van der Waals surface area contributed by atoms with Crippen LogP contribution in [0.1, 0.15) is 6.42 Å². The van der Waals surface area contributed by atoms with Crippen molar-refractivity contribution in [1.29, 1.82) is 0 Å². The molecular weight excluding hydrogens is 343 g/mol. The summed E-state index contributed by atoms with van der Waals surface area (Å²) in [5, 5.41) is 9.94. The van der Waals surface area contributed by atoms with E-state index in [2.05, 4.69) is 9.97 Å². The van der Waals surface area contributed by atoms with Gasteiger partial charge in [-0.05, 0) is 23.8 Å². The summed E-state index contributed by atoms with van der Waals surface area (Å²) in [5.74, 6) is -0.192. The summed E-state index contributed by atoms with van der Waals surface area (Å²) in [4.78, 5) is 23.0. The molecular formula is C17H15FN4O2S. The number of hydrogen-bond donors (Lipinski definition) is 2. The van der Waals surface area contributed by atoms with E-state index < -0.39 is 18.1 Å². The summed E-state index contributed by atoms with van der Waals surface area (Å²) < 4.78 is 13.9. The number of halogens is 1. The van der Waals surface area contributed by atoms with E-state index in [0.717, 1.165) is 20.7 Å². The lowest BCUT2D eigenvalue weighted by molar-refractivity contribution is -0.119. The summed E-state index contributed by atoms with van der Waals surface area (Å²) in [6.07, 6.45) is 1.09. The number of nitrogens with zero attached hydrogens (tertiary/aromatic N) is 3. The fraction of sp³-hybridized carbons (Fsp3) is 0.235. The number of aliphatic hydroxyl groups is 1. The van der Waals surface area contributed by atoms with Crippen LogP contribution < -0.4 is 10.6 Å². The first-order chi connectivity index (χ1) is 12.0. The lowest BCUT2D eigenvalue weighted by Crippen LogP contribution is -2.40. The molecule has 0 radical (unpaired) electrons. The van der Waals surface area contributed by atoms with Gasteiger partial charge in [0.05, 0.1) is 16.3 Å². The monoisotopic (exact) mass is 358 g/mol. The fourth-order valence-corrected chi connectivity index (χ4v) is 4.24. The largest absolute Gasteiger partial charge is 0.391 e. The highest BCUT2D eigenvalue weighted by Gasteiger charge is 2.36. The van der Waals surface area contributed by atoms with E-state index in [1.54, 1.807) is 17.0 Å². The molecule has 1 aromatic carbocycles. The van der Waals surface area contributed by atoms with E-state index in [0.29, 0.717) is 12.4 Å². The van der Waals surface area contributed by atoms with Gasteiger partial charge in [0.1, 0.15) is 18.2 Å². The molecule has 6 nitrogen and oxygen atoms in total. The smallest absolute Gasteiger partial charge is 0.240 e. The van der Waals surface area contributed by atoms with Crippen LogP contribution in [0.3, 0.4) is 0 Å². The topological polar surface area (TPSA) is 92.3 Å². The van der Waals surface area contributed by atoms with Gasteiger partial charge in [0.2, 0.25) is 5.91 Å². The standard InChI is InChI=1S/C17H15FN4O2S/c18-10-3-1-9(2-4-10)14-6-12-15(25-14)17(21-8-20-12)22-7-11(23)5-13(22)16(19)24/h1-4,6,8,11,13,23H,5,7H2,(H2,19,24)/t11-,13+/m0/s1. The van der Waals surface area contributed by atoms with Crippen LogP contribution in [0.15, 0.2) is 36.7 Å². The highest BCUT2D eigenvalue weighted by Crippen LogP contribution is 2.38. The highest BCUT2D eigenvalue weighted by molar-refractivity contribution is 7.22. The lowest BCUT2D eigenvalue weighted by Gasteiger charge is -2.23. The Morgan fingerprint density at radius 3 is 2.80 bits per heavy atom. The Kier molecular flexibility index (Phi) is 3.85. The Labute approximate surface area is 146 Å². The van der Waals surface area contributed by atoms with Crippen LogP contribution in [0, 0.1) is 5.82 Å². The van der Waals surface area contributed by atoms with E-state index in [1.807, 2.05) is 6.07 Å². The molecule has 1 fully saturated rings. The zero-order valence-electron chi connectivity index (χ0n) is 13.1. The maximum absolute atomic E-state index is 13.1. The summed E-state index contributed by atoms with van der Waals surface area (Å²) >= 11 is 1.46. The van der Waals surface area contributed by atoms with Crippen molar-refractivity contribution in [3.63, 3.8) is 0 Å². The summed E-state index contributed by atoms with van der Waals surface area (Å²) in [5.41, 5.74) is 7.09. The molecule has 0 aliphatic carbocycles. The predicted octanol–water partition coefficient (Wildman–Crippen LogP) is 1.92. The molecule has 2 atom stereocenters. The van der Waals surface area contributed by atoms with Gasteiger partial charge in [-0.1, -0.05) is 12.1 Å². The molecule has 1 aliphatic rings. The number of carbonyl (C=O) groups excluding carboxylic acids is 1. The molecule has 25 heavy (non-hydrogen) atoms. The minimum absolute atomic E-state index is 0.289. The van der Waals surface area contributed by atoms with Crippen LogP contribution in [0.5, 0.6) is 0 Å². The van der Waals surface area contributed by atoms with Gasteiger partial charge >= 0.3 is 0 Å². The third-order valence-corrected chi connectivity index (χ3v) is 5.47. The molecule has 1 amide bonds. The number of rotatable bonds is 3. The maximum Gasteiger partial charge on any atom is 0.240 e. The first-order valence-corrected chi connectivity index (χ1v) is 8.59. The maximum atomic E-state index is 13.1. The van der Waals surface area contributed by atoms with E-state index >= 15 is 0 Å². The van der Waals surface area contributed by atoms with Gasteiger partial charge in [0.15, 0.2) is 5.82 Å². The molecule has 3 aromatic rings. The lowest BCUT2D eigenvalue weighted by atomic mass is 10.2. The summed E-state index contributed by atoms with van der Waals surface area (Å²) in [7, 11) is 0. The second kappa shape index (κ2) is 6.05. The predicted molar refractivity (Wildman–Crippen MR) is 93.8 cm³/mol. The van der Waals surface area contributed by atoms with Crippen LogP contribution in [-0.4, -0.2) is 39.7 Å². The number of aromatic nitrogens is 2. The third-order valence-electron chi connectivity index (χ3n) is 4.30. The first-order valence-electron chi connectivity index (χ1n) is 7.77. The minimum atomic E-state index is -0.626. The minimum Gasteiger partial charge on any atom is -0.391 e. The molecule has 2 aromatic heterocycles. The normalized spacial score (nSPS) is 20.3. The van der Waals surface area contributed by atoms with E-state index in [-0.39, 0.29) is 12.2 Å². The number of anilines is 1. The van der Waals surface area contributed by atoms with Gasteiger partial charge in [-0.25, -0.2) is 14.4 Å². The molecule has 0 bridgehead atoms. The molecule has 4 rings (SSSR count). The van der Waals surface area contributed by atoms with E-state index in [1.165, 1.54) is 29.8 Å². The van der Waals surface area contributed by atoms with Crippen LogP contribution in [0.4, 0.5) is 10.2 Å². The van der Waals surface area contributed by atoms with Crippen molar-refractivity contribution < 1.29 is 14.3 Å². The van der Waals surface area contributed by atoms with Crippen LogP contribution in [0.25, 0.3) is 20.7 Å². The molecule has 0 unspecified atom stereocenters. The Bertz CT molecular complexity index is 943.